The molecule has 2 amide bonds. The van der Waals surface area contributed by atoms with Crippen LogP contribution in [0.25, 0.3) is 0 Å². The van der Waals surface area contributed by atoms with Gasteiger partial charge in [0, 0.05) is 18.7 Å². The summed E-state index contributed by atoms with van der Waals surface area (Å²) >= 11 is 0. The maximum absolute atomic E-state index is 11.8. The molecule has 2 rings (SSSR count). The van der Waals surface area contributed by atoms with Gasteiger partial charge in [0.25, 0.3) is 21.9 Å². The Kier molecular flexibility index (Phi) is 8.37. The molecule has 31 heavy (non-hydrogen) atoms. The second kappa shape index (κ2) is 10.8. The molecule has 1 atom stereocenters. The zero-order valence-corrected chi connectivity index (χ0v) is 18.0. The molecule has 1 heterocycles. The third-order valence-electron chi connectivity index (χ3n) is 4.45. The summed E-state index contributed by atoms with van der Waals surface area (Å²) in [6, 6.07) is 5.58. The molecular weight excluding hydrogens is 430 g/mol. The standard InChI is InChI=1S/C18H23N5O7S/c1-12-10-13(21-22-19-2)7-8-14(12)20-9-5-3-4-6-17(25)30-23-16(24)11-15(18(23)26)31(27,28)29/h7-8,10,15H,3-6,9,11H2,1-2H3,(H,27,28,29)/p+1. The highest BCUT2D eigenvalue weighted by Gasteiger charge is 2.48. The normalized spacial score (nSPS) is 16.1. The molecule has 1 saturated heterocycles. The molecule has 168 valence electrons. The predicted octanol–water partition coefficient (Wildman–Crippen LogP) is 1.67. The fourth-order valence-electron chi connectivity index (χ4n) is 2.86. The van der Waals surface area contributed by atoms with Crippen LogP contribution in [0.15, 0.2) is 28.4 Å². The summed E-state index contributed by atoms with van der Waals surface area (Å²) in [7, 11) is -3.20. The first kappa shape index (κ1) is 24.1. The van der Waals surface area contributed by atoms with E-state index in [0.717, 1.165) is 17.7 Å². The first-order chi connectivity index (χ1) is 14.6. The summed E-state index contributed by atoms with van der Waals surface area (Å²) in [6.45, 7) is 2.61. The second-order valence-corrected chi connectivity index (χ2v) is 8.42. The summed E-state index contributed by atoms with van der Waals surface area (Å²) in [5.74, 6) is -3.08. The van der Waals surface area contributed by atoms with E-state index in [2.05, 4.69) is 25.3 Å². The molecule has 1 aliphatic heterocycles. The molecule has 0 radical (unpaired) electrons. The van der Waals surface area contributed by atoms with Crippen LogP contribution in [0.4, 0.5) is 11.4 Å². The molecule has 1 fully saturated rings. The van der Waals surface area contributed by atoms with E-state index >= 15 is 0 Å². The van der Waals surface area contributed by atoms with Crippen molar-refractivity contribution in [2.75, 3.05) is 18.9 Å². The van der Waals surface area contributed by atoms with Crippen LogP contribution in [0.3, 0.4) is 0 Å². The number of aryl methyl sites for hydroxylation is 1. The van der Waals surface area contributed by atoms with Gasteiger partial charge >= 0.3 is 5.97 Å². The number of nitrogens with zero attached hydrogens (tertiary/aromatic N) is 4. The molecule has 1 aliphatic rings. The molecule has 1 aromatic rings. The minimum Gasteiger partial charge on any atom is -0.385 e. The number of hydrogen-bond donors (Lipinski definition) is 2. The number of hydroxylamine groups is 2. The fourth-order valence-corrected chi connectivity index (χ4v) is 3.56. The van der Waals surface area contributed by atoms with Crippen LogP contribution in [0, 0.1) is 6.92 Å². The van der Waals surface area contributed by atoms with Gasteiger partial charge in [-0.3, -0.25) is 14.1 Å². The number of unbranched alkanes of at least 4 members (excludes halogenated alkanes) is 2. The SMILES string of the molecule is CN=[N+]=Nc1ccc(NCCCCCC(=O)ON2C(=O)CC(S(=O)(=O)O)C2=O)c(C)c1. The number of nitrogens with one attached hydrogen (secondary N) is 1. The lowest BCUT2D eigenvalue weighted by Crippen LogP contribution is -2.36. The Hall–Kier alpha value is -3.15. The first-order valence-corrected chi connectivity index (χ1v) is 11.0. The van der Waals surface area contributed by atoms with Gasteiger partial charge in [-0.15, -0.1) is 5.06 Å². The van der Waals surface area contributed by atoms with Crippen molar-refractivity contribution >= 4 is 39.3 Å². The van der Waals surface area contributed by atoms with Gasteiger partial charge < -0.3 is 10.2 Å². The quantitative estimate of drug-likeness (QED) is 0.177. The van der Waals surface area contributed by atoms with E-state index in [0.29, 0.717) is 25.1 Å². The summed E-state index contributed by atoms with van der Waals surface area (Å²) in [4.78, 5) is 43.6. The van der Waals surface area contributed by atoms with E-state index in [1.165, 1.54) is 7.05 Å². The summed E-state index contributed by atoms with van der Waals surface area (Å²) < 4.78 is 31.1. The summed E-state index contributed by atoms with van der Waals surface area (Å²) in [5, 5.41) is 8.96. The lowest BCUT2D eigenvalue weighted by Gasteiger charge is -2.13. The number of rotatable bonds is 10. The maximum atomic E-state index is 11.8. The van der Waals surface area contributed by atoms with Crippen molar-refractivity contribution in [3.05, 3.63) is 23.8 Å². The monoisotopic (exact) mass is 454 g/mol. The molecule has 2 N–H and O–H groups in total. The van der Waals surface area contributed by atoms with E-state index < -0.39 is 39.6 Å². The van der Waals surface area contributed by atoms with Crippen molar-refractivity contribution in [3.63, 3.8) is 0 Å². The van der Waals surface area contributed by atoms with E-state index in [9.17, 15) is 22.8 Å². The Morgan fingerprint density at radius 1 is 1.32 bits per heavy atom. The van der Waals surface area contributed by atoms with Crippen molar-refractivity contribution in [1.29, 1.82) is 0 Å². The largest absolute Gasteiger partial charge is 0.385 e. The number of imide groups is 1. The van der Waals surface area contributed by atoms with Gasteiger partial charge in [0.2, 0.25) is 4.91 Å². The minimum atomic E-state index is -4.74. The Morgan fingerprint density at radius 2 is 2.06 bits per heavy atom. The Bertz CT molecular complexity index is 1020. The maximum Gasteiger partial charge on any atom is 0.333 e. The van der Waals surface area contributed by atoms with Gasteiger partial charge in [-0.1, -0.05) is 6.42 Å². The van der Waals surface area contributed by atoms with Crippen molar-refractivity contribution in [2.45, 2.75) is 44.3 Å². The summed E-state index contributed by atoms with van der Waals surface area (Å²) in [5.41, 5.74) is 2.65. The molecule has 0 saturated carbocycles. The van der Waals surface area contributed by atoms with Crippen LogP contribution in [0.5, 0.6) is 0 Å². The van der Waals surface area contributed by atoms with E-state index in [4.69, 9.17) is 4.55 Å². The van der Waals surface area contributed by atoms with E-state index in [1.807, 2.05) is 25.1 Å². The number of amides is 2. The highest BCUT2D eigenvalue weighted by atomic mass is 32.2. The fraction of sp³-hybridized carbons (Fsp3) is 0.500. The molecule has 1 aromatic carbocycles. The molecule has 1 unspecified atom stereocenters. The van der Waals surface area contributed by atoms with Crippen LogP contribution >= 0.6 is 0 Å². The predicted molar refractivity (Wildman–Crippen MR) is 109 cm³/mol. The van der Waals surface area contributed by atoms with Gasteiger partial charge in [-0.05, 0) is 43.5 Å². The number of hydrogen-bond acceptors (Lipinski definition) is 9. The molecule has 0 aromatic heterocycles. The van der Waals surface area contributed by atoms with Crippen LogP contribution < -0.4 is 10.2 Å². The summed E-state index contributed by atoms with van der Waals surface area (Å²) in [6.07, 6.45) is 1.09. The van der Waals surface area contributed by atoms with E-state index in [-0.39, 0.29) is 11.5 Å². The third kappa shape index (κ3) is 6.95. The molecular formula is C18H24N5O7S+. The molecule has 13 heteroatoms. The number of carbonyl (C=O) groups excluding carboxylic acids is 3. The minimum absolute atomic E-state index is 0.0468. The topological polar surface area (TPSA) is 169 Å². The Labute approximate surface area is 179 Å². The van der Waals surface area contributed by atoms with Crippen LogP contribution in [0.2, 0.25) is 0 Å². The molecule has 0 bridgehead atoms. The number of anilines is 1. The van der Waals surface area contributed by atoms with Gasteiger partial charge in [-0.25, -0.2) is 4.79 Å². The second-order valence-electron chi connectivity index (χ2n) is 6.82. The first-order valence-electron chi connectivity index (χ1n) is 9.51. The van der Waals surface area contributed by atoms with Crippen LogP contribution in [-0.4, -0.2) is 54.7 Å². The third-order valence-corrected chi connectivity index (χ3v) is 5.53. The van der Waals surface area contributed by atoms with Crippen molar-refractivity contribution in [2.24, 2.45) is 10.2 Å². The van der Waals surface area contributed by atoms with Gasteiger partial charge in [0.15, 0.2) is 16.1 Å². The highest BCUT2D eigenvalue weighted by Crippen LogP contribution is 2.22. The zero-order valence-electron chi connectivity index (χ0n) is 17.1. The van der Waals surface area contributed by atoms with Crippen LogP contribution in [-0.2, 0) is 29.3 Å². The average Bonchev–Trinajstić information content (AvgIpc) is 2.98. The number of benzene rings is 1. The molecule has 12 nitrogen and oxygen atoms in total. The van der Waals surface area contributed by atoms with Crippen molar-refractivity contribution in [3.8, 4) is 0 Å². The Balaban J connectivity index is 1.69. The average molecular weight is 454 g/mol. The van der Waals surface area contributed by atoms with Crippen molar-refractivity contribution < 1.29 is 32.2 Å². The van der Waals surface area contributed by atoms with E-state index in [1.54, 1.807) is 0 Å². The van der Waals surface area contributed by atoms with Gasteiger partial charge in [-0.2, -0.15) is 8.42 Å². The lowest BCUT2D eigenvalue weighted by molar-refractivity contribution is -0.197. The van der Waals surface area contributed by atoms with Gasteiger partial charge in [0.05, 0.1) is 6.42 Å². The van der Waals surface area contributed by atoms with Gasteiger partial charge in [0.1, 0.15) is 12.2 Å². The number of carbonyl (C=O) groups is 3. The Morgan fingerprint density at radius 3 is 2.68 bits per heavy atom. The lowest BCUT2D eigenvalue weighted by atomic mass is 10.1. The smallest absolute Gasteiger partial charge is 0.333 e. The molecule has 0 spiro atoms. The molecule has 0 aliphatic carbocycles. The van der Waals surface area contributed by atoms with Crippen molar-refractivity contribution in [1.82, 2.24) is 9.97 Å². The zero-order chi connectivity index (χ0) is 23.0. The van der Waals surface area contributed by atoms with Crippen LogP contribution in [0.1, 0.15) is 37.7 Å². The highest BCUT2D eigenvalue weighted by molar-refractivity contribution is 7.87.